The standard InChI is InChI=1S/C15H19N3O/c1-3-18(11-12-7-4-5-8-13(12)16)15-14(19-2)9-6-10-17-15/h4-10H,3,11,16H2,1-2H3. The van der Waals surface area contributed by atoms with Gasteiger partial charge in [0.25, 0.3) is 0 Å². The highest BCUT2D eigenvalue weighted by Gasteiger charge is 2.13. The fraction of sp³-hybridized carbons (Fsp3) is 0.267. The topological polar surface area (TPSA) is 51.4 Å². The Morgan fingerprint density at radius 1 is 1.21 bits per heavy atom. The molecule has 2 rings (SSSR count). The number of rotatable bonds is 5. The molecule has 0 aliphatic heterocycles. The lowest BCUT2D eigenvalue weighted by atomic mass is 10.1. The molecule has 0 aliphatic carbocycles. The quantitative estimate of drug-likeness (QED) is 0.837. The minimum atomic E-state index is 0.719. The monoisotopic (exact) mass is 257 g/mol. The maximum atomic E-state index is 5.99. The van der Waals surface area contributed by atoms with Crippen LogP contribution in [0.2, 0.25) is 0 Å². The van der Waals surface area contributed by atoms with Gasteiger partial charge in [0, 0.05) is 25.0 Å². The number of anilines is 2. The van der Waals surface area contributed by atoms with Gasteiger partial charge in [0.15, 0.2) is 11.6 Å². The Kier molecular flexibility index (Phi) is 4.23. The molecule has 4 heteroatoms. The van der Waals surface area contributed by atoms with Crippen LogP contribution in [0.4, 0.5) is 11.5 Å². The second-order valence-corrected chi connectivity index (χ2v) is 4.24. The molecule has 19 heavy (non-hydrogen) atoms. The van der Waals surface area contributed by atoms with Gasteiger partial charge in [-0.1, -0.05) is 18.2 Å². The van der Waals surface area contributed by atoms with Gasteiger partial charge in [0.05, 0.1) is 7.11 Å². The highest BCUT2D eigenvalue weighted by Crippen LogP contribution is 2.26. The number of nitrogens with two attached hydrogens (primary N) is 1. The first kappa shape index (κ1) is 13.2. The molecule has 0 spiro atoms. The van der Waals surface area contributed by atoms with Crippen molar-refractivity contribution in [2.24, 2.45) is 0 Å². The van der Waals surface area contributed by atoms with E-state index >= 15 is 0 Å². The van der Waals surface area contributed by atoms with Crippen LogP contribution < -0.4 is 15.4 Å². The molecule has 0 unspecified atom stereocenters. The van der Waals surface area contributed by atoms with Crippen molar-refractivity contribution in [3.05, 3.63) is 48.2 Å². The number of benzene rings is 1. The number of pyridine rings is 1. The summed E-state index contributed by atoms with van der Waals surface area (Å²) in [4.78, 5) is 6.55. The van der Waals surface area contributed by atoms with Crippen LogP contribution >= 0.6 is 0 Å². The molecule has 0 atom stereocenters. The predicted molar refractivity (Wildman–Crippen MR) is 78.4 cm³/mol. The minimum Gasteiger partial charge on any atom is -0.493 e. The van der Waals surface area contributed by atoms with Crippen molar-refractivity contribution in [1.29, 1.82) is 0 Å². The summed E-state index contributed by atoms with van der Waals surface area (Å²) in [6.45, 7) is 3.64. The summed E-state index contributed by atoms with van der Waals surface area (Å²) in [6.07, 6.45) is 1.77. The maximum absolute atomic E-state index is 5.99. The first-order valence-electron chi connectivity index (χ1n) is 6.33. The third-order valence-electron chi connectivity index (χ3n) is 3.07. The Hall–Kier alpha value is -2.23. The van der Waals surface area contributed by atoms with E-state index in [0.717, 1.165) is 35.9 Å². The number of nitrogen functional groups attached to an aromatic ring is 1. The largest absolute Gasteiger partial charge is 0.493 e. The summed E-state index contributed by atoms with van der Waals surface area (Å²) in [5.74, 6) is 1.62. The zero-order valence-electron chi connectivity index (χ0n) is 11.3. The zero-order chi connectivity index (χ0) is 13.7. The smallest absolute Gasteiger partial charge is 0.171 e. The summed E-state index contributed by atoms with van der Waals surface area (Å²) in [6, 6.07) is 11.7. The maximum Gasteiger partial charge on any atom is 0.171 e. The molecule has 0 saturated carbocycles. The van der Waals surface area contributed by atoms with E-state index in [1.807, 2.05) is 36.4 Å². The van der Waals surface area contributed by atoms with Gasteiger partial charge in [0.2, 0.25) is 0 Å². The van der Waals surface area contributed by atoms with Crippen molar-refractivity contribution >= 4 is 11.5 Å². The second-order valence-electron chi connectivity index (χ2n) is 4.24. The molecule has 0 radical (unpaired) electrons. The Morgan fingerprint density at radius 3 is 2.68 bits per heavy atom. The van der Waals surface area contributed by atoms with Crippen molar-refractivity contribution in [2.75, 3.05) is 24.3 Å². The van der Waals surface area contributed by atoms with Crippen LogP contribution in [-0.2, 0) is 6.54 Å². The Morgan fingerprint density at radius 2 is 2.00 bits per heavy atom. The van der Waals surface area contributed by atoms with Crippen molar-refractivity contribution in [3.63, 3.8) is 0 Å². The zero-order valence-corrected chi connectivity index (χ0v) is 11.3. The first-order valence-corrected chi connectivity index (χ1v) is 6.33. The Labute approximate surface area is 113 Å². The van der Waals surface area contributed by atoms with Crippen LogP contribution in [-0.4, -0.2) is 18.6 Å². The average molecular weight is 257 g/mol. The lowest BCUT2D eigenvalue weighted by molar-refractivity contribution is 0.412. The molecule has 100 valence electrons. The Bertz CT molecular complexity index is 542. The van der Waals surface area contributed by atoms with Crippen LogP contribution in [0.3, 0.4) is 0 Å². The van der Waals surface area contributed by atoms with E-state index in [9.17, 15) is 0 Å². The van der Waals surface area contributed by atoms with Gasteiger partial charge >= 0.3 is 0 Å². The van der Waals surface area contributed by atoms with Crippen LogP contribution in [0.5, 0.6) is 5.75 Å². The molecule has 0 saturated heterocycles. The van der Waals surface area contributed by atoms with E-state index in [1.54, 1.807) is 13.3 Å². The van der Waals surface area contributed by atoms with E-state index in [-0.39, 0.29) is 0 Å². The van der Waals surface area contributed by atoms with Gasteiger partial charge in [0.1, 0.15) is 0 Å². The SMILES string of the molecule is CCN(Cc1ccccc1N)c1ncccc1OC. The van der Waals surface area contributed by atoms with Crippen LogP contribution in [0.15, 0.2) is 42.6 Å². The second kappa shape index (κ2) is 6.09. The van der Waals surface area contributed by atoms with Crippen LogP contribution in [0, 0.1) is 0 Å². The number of hydrogen-bond acceptors (Lipinski definition) is 4. The first-order chi connectivity index (χ1) is 9.26. The average Bonchev–Trinajstić information content (AvgIpc) is 2.46. The normalized spacial score (nSPS) is 10.2. The molecule has 4 nitrogen and oxygen atoms in total. The molecule has 2 N–H and O–H groups in total. The van der Waals surface area contributed by atoms with E-state index in [0.29, 0.717) is 0 Å². The Balaban J connectivity index is 2.28. The molecule has 1 heterocycles. The van der Waals surface area contributed by atoms with Gasteiger partial charge in [-0.25, -0.2) is 4.98 Å². The molecule has 0 aliphatic rings. The third kappa shape index (κ3) is 2.96. The molecule has 0 fully saturated rings. The molecule has 1 aromatic heterocycles. The van der Waals surface area contributed by atoms with Gasteiger partial charge in [-0.2, -0.15) is 0 Å². The van der Waals surface area contributed by atoms with Crippen LogP contribution in [0.25, 0.3) is 0 Å². The molecule has 0 bridgehead atoms. The van der Waals surface area contributed by atoms with Crippen molar-refractivity contribution in [2.45, 2.75) is 13.5 Å². The fourth-order valence-electron chi connectivity index (χ4n) is 2.00. The lowest BCUT2D eigenvalue weighted by Gasteiger charge is -2.24. The molecular formula is C15H19N3O. The summed E-state index contributed by atoms with van der Waals surface area (Å²) in [7, 11) is 1.66. The van der Waals surface area contributed by atoms with E-state index < -0.39 is 0 Å². The fourth-order valence-corrected chi connectivity index (χ4v) is 2.00. The summed E-state index contributed by atoms with van der Waals surface area (Å²) < 4.78 is 5.36. The lowest BCUT2D eigenvalue weighted by Crippen LogP contribution is -2.24. The van der Waals surface area contributed by atoms with E-state index in [4.69, 9.17) is 10.5 Å². The third-order valence-corrected chi connectivity index (χ3v) is 3.07. The van der Waals surface area contributed by atoms with Gasteiger partial charge < -0.3 is 15.4 Å². The minimum absolute atomic E-state index is 0.719. The number of hydrogen-bond donors (Lipinski definition) is 1. The highest BCUT2D eigenvalue weighted by molar-refractivity contribution is 5.55. The molecular weight excluding hydrogens is 238 g/mol. The molecule has 0 amide bonds. The number of aromatic nitrogens is 1. The van der Waals surface area contributed by atoms with Crippen molar-refractivity contribution in [1.82, 2.24) is 4.98 Å². The van der Waals surface area contributed by atoms with E-state index in [2.05, 4.69) is 16.8 Å². The summed E-state index contributed by atoms with van der Waals surface area (Å²) in [5, 5.41) is 0. The van der Waals surface area contributed by atoms with Gasteiger partial charge in [-0.05, 0) is 30.7 Å². The van der Waals surface area contributed by atoms with Gasteiger partial charge in [-0.3, -0.25) is 0 Å². The number of methoxy groups -OCH3 is 1. The number of ether oxygens (including phenoxy) is 1. The predicted octanol–water partition coefficient (Wildman–Crippen LogP) is 2.70. The molecule has 2 aromatic rings. The number of para-hydroxylation sites is 1. The van der Waals surface area contributed by atoms with E-state index in [1.165, 1.54) is 0 Å². The highest BCUT2D eigenvalue weighted by atomic mass is 16.5. The van der Waals surface area contributed by atoms with Crippen LogP contribution in [0.1, 0.15) is 12.5 Å². The number of nitrogens with zero attached hydrogens (tertiary/aromatic N) is 2. The summed E-state index contributed by atoms with van der Waals surface area (Å²) >= 11 is 0. The van der Waals surface area contributed by atoms with Crippen molar-refractivity contribution in [3.8, 4) is 5.75 Å². The molecule has 1 aromatic carbocycles. The van der Waals surface area contributed by atoms with Crippen molar-refractivity contribution < 1.29 is 4.74 Å². The van der Waals surface area contributed by atoms with Gasteiger partial charge in [-0.15, -0.1) is 0 Å². The summed E-state index contributed by atoms with van der Waals surface area (Å²) in [5.41, 5.74) is 7.89.